The molecule has 0 radical (unpaired) electrons. The summed E-state index contributed by atoms with van der Waals surface area (Å²) in [7, 11) is 0. The molecule has 0 bridgehead atoms. The standard InChI is InChI=1S/C21H30N2O/c1-16(2)19-10-9-17(3)20(21(19)24)15-22-11-13-23(14-12-22)18-7-5-4-6-8-18/h4-8,15-17,19H,9-14H2,1-3H3/b20-15+/t17-,19-/m1/s1. The molecule has 2 fully saturated rings. The summed E-state index contributed by atoms with van der Waals surface area (Å²) in [5.41, 5.74) is 2.36. The van der Waals surface area contributed by atoms with Crippen LogP contribution in [-0.2, 0) is 4.79 Å². The van der Waals surface area contributed by atoms with Gasteiger partial charge in [-0.3, -0.25) is 4.79 Å². The molecule has 2 aliphatic rings. The van der Waals surface area contributed by atoms with E-state index in [0.717, 1.165) is 44.6 Å². The van der Waals surface area contributed by atoms with Gasteiger partial charge in [0.15, 0.2) is 5.78 Å². The molecule has 3 rings (SSSR count). The van der Waals surface area contributed by atoms with Gasteiger partial charge >= 0.3 is 0 Å². The molecular weight excluding hydrogens is 296 g/mol. The van der Waals surface area contributed by atoms with Crippen LogP contribution in [0.1, 0.15) is 33.6 Å². The number of para-hydroxylation sites is 1. The van der Waals surface area contributed by atoms with Gasteiger partial charge < -0.3 is 9.80 Å². The maximum absolute atomic E-state index is 12.8. The third kappa shape index (κ3) is 3.66. The molecule has 0 spiro atoms. The molecule has 3 heteroatoms. The van der Waals surface area contributed by atoms with Gasteiger partial charge in [-0.2, -0.15) is 0 Å². The predicted molar refractivity (Wildman–Crippen MR) is 100 cm³/mol. The van der Waals surface area contributed by atoms with Gasteiger partial charge in [0.1, 0.15) is 0 Å². The lowest BCUT2D eigenvalue weighted by Crippen LogP contribution is -2.44. The molecule has 1 aliphatic heterocycles. The molecule has 0 unspecified atom stereocenters. The minimum Gasteiger partial charge on any atom is -0.373 e. The molecule has 1 aromatic rings. The van der Waals surface area contributed by atoms with E-state index >= 15 is 0 Å². The molecule has 2 atom stereocenters. The van der Waals surface area contributed by atoms with Crippen molar-refractivity contribution >= 4 is 11.5 Å². The third-order valence-electron chi connectivity index (χ3n) is 5.62. The number of anilines is 1. The lowest BCUT2D eigenvalue weighted by molar-refractivity contribution is -0.122. The minimum absolute atomic E-state index is 0.220. The van der Waals surface area contributed by atoms with Crippen LogP contribution in [0.5, 0.6) is 0 Å². The van der Waals surface area contributed by atoms with Crippen LogP contribution in [0.4, 0.5) is 5.69 Å². The highest BCUT2D eigenvalue weighted by Crippen LogP contribution is 2.34. The van der Waals surface area contributed by atoms with Crippen LogP contribution in [-0.4, -0.2) is 36.9 Å². The zero-order valence-electron chi connectivity index (χ0n) is 15.2. The average molecular weight is 326 g/mol. The molecule has 3 nitrogen and oxygen atoms in total. The SMILES string of the molecule is CC(C)[C@H]1CC[C@@H](C)/C(=C\N2CCN(c3ccccc3)CC2)C1=O. The highest BCUT2D eigenvalue weighted by atomic mass is 16.1. The normalized spacial score (nSPS) is 27.2. The fraction of sp³-hybridized carbons (Fsp3) is 0.571. The number of benzene rings is 1. The molecule has 1 saturated heterocycles. The van der Waals surface area contributed by atoms with Gasteiger partial charge in [0.2, 0.25) is 0 Å². The van der Waals surface area contributed by atoms with E-state index in [4.69, 9.17) is 0 Å². The first-order chi connectivity index (χ1) is 11.6. The van der Waals surface area contributed by atoms with E-state index in [1.54, 1.807) is 0 Å². The first-order valence-corrected chi connectivity index (χ1v) is 9.36. The summed E-state index contributed by atoms with van der Waals surface area (Å²) >= 11 is 0. The van der Waals surface area contributed by atoms with Crippen LogP contribution in [0, 0.1) is 17.8 Å². The van der Waals surface area contributed by atoms with Crippen LogP contribution >= 0.6 is 0 Å². The van der Waals surface area contributed by atoms with Gasteiger partial charge in [0.25, 0.3) is 0 Å². The summed E-state index contributed by atoms with van der Waals surface area (Å²) in [4.78, 5) is 17.6. The fourth-order valence-electron chi connectivity index (χ4n) is 3.94. The van der Waals surface area contributed by atoms with Gasteiger partial charge in [-0.15, -0.1) is 0 Å². The second kappa shape index (κ2) is 7.42. The Morgan fingerprint density at radius 2 is 1.71 bits per heavy atom. The summed E-state index contributed by atoms with van der Waals surface area (Å²) < 4.78 is 0. The predicted octanol–water partition coefficient (Wildman–Crippen LogP) is 3.96. The molecule has 0 aromatic heterocycles. The van der Waals surface area contributed by atoms with Crippen molar-refractivity contribution in [1.82, 2.24) is 4.90 Å². The Morgan fingerprint density at radius 1 is 1.04 bits per heavy atom. The monoisotopic (exact) mass is 326 g/mol. The summed E-state index contributed by atoms with van der Waals surface area (Å²) in [5, 5.41) is 0. The van der Waals surface area contributed by atoms with Crippen molar-refractivity contribution in [2.45, 2.75) is 33.6 Å². The maximum Gasteiger partial charge on any atom is 0.163 e. The van der Waals surface area contributed by atoms with Crippen LogP contribution in [0.3, 0.4) is 0 Å². The first-order valence-electron chi connectivity index (χ1n) is 9.36. The molecule has 1 heterocycles. The lowest BCUT2D eigenvalue weighted by Gasteiger charge is -2.37. The fourth-order valence-corrected chi connectivity index (χ4v) is 3.94. The van der Waals surface area contributed by atoms with E-state index in [2.05, 4.69) is 67.1 Å². The minimum atomic E-state index is 0.220. The Bertz CT molecular complexity index is 585. The molecule has 0 amide bonds. The second-order valence-corrected chi connectivity index (χ2v) is 7.64. The number of hydrogen-bond acceptors (Lipinski definition) is 3. The van der Waals surface area contributed by atoms with Crippen molar-refractivity contribution in [2.75, 3.05) is 31.1 Å². The topological polar surface area (TPSA) is 23.6 Å². The zero-order chi connectivity index (χ0) is 17.1. The first kappa shape index (κ1) is 17.1. The number of carbonyl (C=O) groups excluding carboxylic acids is 1. The second-order valence-electron chi connectivity index (χ2n) is 7.64. The van der Waals surface area contributed by atoms with E-state index in [1.165, 1.54) is 5.69 Å². The number of piperazine rings is 1. The van der Waals surface area contributed by atoms with Crippen molar-refractivity contribution in [3.05, 3.63) is 42.1 Å². The number of rotatable bonds is 3. The molecule has 130 valence electrons. The Balaban J connectivity index is 1.65. The molecule has 1 saturated carbocycles. The lowest BCUT2D eigenvalue weighted by atomic mass is 9.74. The number of hydrogen-bond donors (Lipinski definition) is 0. The average Bonchev–Trinajstić information content (AvgIpc) is 2.59. The summed E-state index contributed by atoms with van der Waals surface area (Å²) in [6.45, 7) is 10.6. The van der Waals surface area contributed by atoms with E-state index in [-0.39, 0.29) is 5.92 Å². The molecule has 0 N–H and O–H groups in total. The Labute approximate surface area is 146 Å². The van der Waals surface area contributed by atoms with E-state index in [9.17, 15) is 4.79 Å². The molecular formula is C21H30N2O. The number of carbonyl (C=O) groups is 1. The van der Waals surface area contributed by atoms with Crippen molar-refractivity contribution in [3.63, 3.8) is 0 Å². The van der Waals surface area contributed by atoms with Gasteiger partial charge in [-0.25, -0.2) is 0 Å². The molecule has 1 aliphatic carbocycles. The Hall–Kier alpha value is -1.77. The van der Waals surface area contributed by atoms with Crippen molar-refractivity contribution in [1.29, 1.82) is 0 Å². The van der Waals surface area contributed by atoms with Crippen LogP contribution < -0.4 is 4.90 Å². The summed E-state index contributed by atoms with van der Waals surface area (Å²) in [6.07, 6.45) is 4.38. The maximum atomic E-state index is 12.8. The van der Waals surface area contributed by atoms with E-state index in [0.29, 0.717) is 17.6 Å². The number of allylic oxidation sites excluding steroid dienone is 1. The van der Waals surface area contributed by atoms with Gasteiger partial charge in [0.05, 0.1) is 0 Å². The van der Waals surface area contributed by atoms with Crippen molar-refractivity contribution < 1.29 is 4.79 Å². The molecule has 1 aromatic carbocycles. The van der Waals surface area contributed by atoms with Crippen LogP contribution in [0.15, 0.2) is 42.1 Å². The number of nitrogens with zero attached hydrogens (tertiary/aromatic N) is 2. The Morgan fingerprint density at radius 3 is 2.33 bits per heavy atom. The van der Waals surface area contributed by atoms with E-state index < -0.39 is 0 Å². The Kier molecular flexibility index (Phi) is 5.27. The van der Waals surface area contributed by atoms with Crippen molar-refractivity contribution in [3.8, 4) is 0 Å². The summed E-state index contributed by atoms with van der Waals surface area (Å²) in [6, 6.07) is 10.6. The van der Waals surface area contributed by atoms with E-state index in [1.807, 2.05) is 0 Å². The largest absolute Gasteiger partial charge is 0.373 e. The van der Waals surface area contributed by atoms with Crippen LogP contribution in [0.25, 0.3) is 0 Å². The highest BCUT2D eigenvalue weighted by Gasteiger charge is 2.33. The van der Waals surface area contributed by atoms with Gasteiger partial charge in [-0.05, 0) is 36.8 Å². The van der Waals surface area contributed by atoms with Crippen LogP contribution in [0.2, 0.25) is 0 Å². The highest BCUT2D eigenvalue weighted by molar-refractivity contribution is 5.98. The van der Waals surface area contributed by atoms with Gasteiger partial charge in [0, 0.05) is 49.6 Å². The smallest absolute Gasteiger partial charge is 0.163 e. The molecule has 24 heavy (non-hydrogen) atoms. The number of Topliss-reactive ketones (excluding diaryl/α,β-unsaturated/α-hetero) is 1. The quantitative estimate of drug-likeness (QED) is 0.786. The number of ketones is 1. The van der Waals surface area contributed by atoms with Gasteiger partial charge in [-0.1, -0.05) is 39.0 Å². The van der Waals surface area contributed by atoms with Crippen molar-refractivity contribution in [2.24, 2.45) is 17.8 Å². The zero-order valence-corrected chi connectivity index (χ0v) is 15.2. The summed E-state index contributed by atoms with van der Waals surface area (Å²) in [5.74, 6) is 1.47. The third-order valence-corrected chi connectivity index (χ3v) is 5.62.